The minimum Gasteiger partial charge on any atom is -0.389 e. The molecule has 0 spiro atoms. The number of ketones is 2. The molecule has 3 atom stereocenters. The molecular weight excluding hydrogens is 328 g/mol. The lowest BCUT2D eigenvalue weighted by Crippen LogP contribution is -2.25. The Morgan fingerprint density at radius 2 is 2.08 bits per heavy atom. The lowest BCUT2D eigenvalue weighted by atomic mass is 9.88. The Labute approximate surface area is 158 Å². The van der Waals surface area contributed by atoms with Crippen LogP contribution in [0.3, 0.4) is 0 Å². The molecular formula is C22H34O4. The number of carbonyl (C=O) groups excluding carboxylic acids is 2. The highest BCUT2D eigenvalue weighted by Crippen LogP contribution is 2.34. The summed E-state index contributed by atoms with van der Waals surface area (Å²) < 4.78 is 0. The van der Waals surface area contributed by atoms with Crippen LogP contribution in [0, 0.1) is 24.2 Å². The molecule has 0 saturated heterocycles. The van der Waals surface area contributed by atoms with E-state index in [1.54, 1.807) is 0 Å². The minimum absolute atomic E-state index is 0.0791. The Balaban J connectivity index is 2.37. The third-order valence-electron chi connectivity index (χ3n) is 5.32. The van der Waals surface area contributed by atoms with Crippen LogP contribution in [-0.4, -0.2) is 34.0 Å². The Kier molecular flexibility index (Phi) is 10.5. The molecule has 1 saturated carbocycles. The molecule has 4 nitrogen and oxygen atoms in total. The molecule has 0 heterocycles. The van der Waals surface area contributed by atoms with Crippen LogP contribution in [-0.2, 0) is 9.59 Å². The second-order valence-corrected chi connectivity index (χ2v) is 7.48. The number of unbranched alkanes of at least 4 members (excludes halogenated alkanes) is 3. The van der Waals surface area contributed by atoms with E-state index in [2.05, 4.69) is 12.0 Å². The summed E-state index contributed by atoms with van der Waals surface area (Å²) in [4.78, 5) is 23.2. The topological polar surface area (TPSA) is 74.6 Å². The molecule has 0 radical (unpaired) electrons. The lowest BCUT2D eigenvalue weighted by molar-refractivity contribution is -0.122. The van der Waals surface area contributed by atoms with Gasteiger partial charge in [0.1, 0.15) is 18.0 Å². The Bertz CT molecular complexity index is 517. The Morgan fingerprint density at radius 1 is 1.35 bits per heavy atom. The van der Waals surface area contributed by atoms with Crippen molar-refractivity contribution in [1.29, 1.82) is 0 Å². The number of rotatable bonds is 13. The molecule has 2 N–H and O–H groups in total. The van der Waals surface area contributed by atoms with E-state index in [0.29, 0.717) is 31.5 Å². The van der Waals surface area contributed by atoms with Gasteiger partial charge in [-0.05, 0) is 31.6 Å². The second kappa shape index (κ2) is 12.0. The summed E-state index contributed by atoms with van der Waals surface area (Å²) in [5.74, 6) is 3.06. The van der Waals surface area contributed by atoms with E-state index >= 15 is 0 Å². The molecule has 0 aromatic carbocycles. The molecule has 1 fully saturated rings. The average molecular weight is 363 g/mol. The fourth-order valence-electron chi connectivity index (χ4n) is 3.74. The van der Waals surface area contributed by atoms with Crippen LogP contribution in [0.2, 0.25) is 0 Å². The van der Waals surface area contributed by atoms with Gasteiger partial charge in [0, 0.05) is 25.2 Å². The van der Waals surface area contributed by atoms with Crippen LogP contribution in [0.25, 0.3) is 0 Å². The molecule has 1 unspecified atom stereocenters. The normalized spacial score (nSPS) is 22.5. The number of terminal acetylenes is 1. The van der Waals surface area contributed by atoms with Crippen molar-refractivity contribution in [2.75, 3.05) is 6.61 Å². The molecule has 0 aromatic rings. The predicted octanol–water partition coefficient (Wildman–Crippen LogP) is 3.59. The zero-order valence-corrected chi connectivity index (χ0v) is 16.1. The maximum absolute atomic E-state index is 12.2. The first-order valence-electron chi connectivity index (χ1n) is 9.98. The molecule has 146 valence electrons. The SMILES string of the molecule is C#CC(O)(CC=C[C@H]1CCC(=O)[C@@H]1CCCCCCC(=O)CO)CCC. The van der Waals surface area contributed by atoms with Gasteiger partial charge in [0.05, 0.1) is 0 Å². The number of hydrogen-bond acceptors (Lipinski definition) is 4. The zero-order valence-electron chi connectivity index (χ0n) is 16.1. The summed E-state index contributed by atoms with van der Waals surface area (Å²) in [6.07, 6.45) is 17.9. The number of carbonyl (C=O) groups is 2. The largest absolute Gasteiger partial charge is 0.389 e. The van der Waals surface area contributed by atoms with Gasteiger partial charge in [0.15, 0.2) is 5.78 Å². The maximum Gasteiger partial charge on any atom is 0.158 e. The molecule has 1 aliphatic carbocycles. The third-order valence-corrected chi connectivity index (χ3v) is 5.32. The molecule has 1 rings (SSSR count). The molecule has 0 aliphatic heterocycles. The van der Waals surface area contributed by atoms with Gasteiger partial charge in [-0.2, -0.15) is 0 Å². The number of hydrogen-bond donors (Lipinski definition) is 2. The summed E-state index contributed by atoms with van der Waals surface area (Å²) in [6.45, 7) is 1.63. The van der Waals surface area contributed by atoms with Crippen LogP contribution in [0.1, 0.15) is 77.6 Å². The van der Waals surface area contributed by atoms with Crippen molar-refractivity contribution in [2.45, 2.75) is 83.2 Å². The van der Waals surface area contributed by atoms with Crippen LogP contribution in [0.15, 0.2) is 12.2 Å². The van der Waals surface area contributed by atoms with Crippen molar-refractivity contribution in [1.82, 2.24) is 0 Å². The molecule has 0 amide bonds. The van der Waals surface area contributed by atoms with Crippen LogP contribution < -0.4 is 0 Å². The standard InChI is InChI=1S/C22H34O4/c1-3-15-22(26,4-2)16-9-10-18-13-14-21(25)20(18)12-8-6-5-7-11-19(24)17-23/h2,9-10,18,20,23,26H,3,5-8,11-17H2,1H3/t18-,20+,22?/m0/s1. The van der Waals surface area contributed by atoms with Gasteiger partial charge in [0.25, 0.3) is 0 Å². The third kappa shape index (κ3) is 7.85. The van der Waals surface area contributed by atoms with Gasteiger partial charge in [0.2, 0.25) is 0 Å². The molecule has 26 heavy (non-hydrogen) atoms. The first-order valence-corrected chi connectivity index (χ1v) is 9.98. The van der Waals surface area contributed by atoms with E-state index in [0.717, 1.165) is 44.9 Å². The van der Waals surface area contributed by atoms with E-state index in [-0.39, 0.29) is 24.2 Å². The van der Waals surface area contributed by atoms with Crippen molar-refractivity contribution in [3.63, 3.8) is 0 Å². The summed E-state index contributed by atoms with van der Waals surface area (Å²) >= 11 is 0. The van der Waals surface area contributed by atoms with E-state index < -0.39 is 5.60 Å². The summed E-state index contributed by atoms with van der Waals surface area (Å²) in [6, 6.07) is 0. The van der Waals surface area contributed by atoms with E-state index in [9.17, 15) is 14.7 Å². The minimum atomic E-state index is -1.07. The first kappa shape index (κ1) is 22.6. The highest BCUT2D eigenvalue weighted by atomic mass is 16.3. The number of aliphatic hydroxyl groups excluding tert-OH is 1. The number of allylic oxidation sites excluding steroid dienone is 1. The fourth-order valence-corrected chi connectivity index (χ4v) is 3.74. The van der Waals surface area contributed by atoms with Gasteiger partial charge in [-0.15, -0.1) is 6.42 Å². The highest BCUT2D eigenvalue weighted by Gasteiger charge is 2.32. The second-order valence-electron chi connectivity index (χ2n) is 7.48. The Hall–Kier alpha value is -1.44. The maximum atomic E-state index is 12.2. The molecule has 0 bridgehead atoms. The van der Waals surface area contributed by atoms with Gasteiger partial charge < -0.3 is 10.2 Å². The quantitative estimate of drug-likeness (QED) is 0.298. The van der Waals surface area contributed by atoms with Gasteiger partial charge in [-0.3, -0.25) is 9.59 Å². The average Bonchev–Trinajstić information content (AvgIpc) is 2.98. The summed E-state index contributed by atoms with van der Waals surface area (Å²) in [5.41, 5.74) is -1.07. The van der Waals surface area contributed by atoms with E-state index in [4.69, 9.17) is 11.5 Å². The summed E-state index contributed by atoms with van der Waals surface area (Å²) in [5, 5.41) is 19.0. The van der Waals surface area contributed by atoms with Crippen LogP contribution in [0.4, 0.5) is 0 Å². The summed E-state index contributed by atoms with van der Waals surface area (Å²) in [7, 11) is 0. The molecule has 4 heteroatoms. The monoisotopic (exact) mass is 362 g/mol. The van der Waals surface area contributed by atoms with Crippen LogP contribution >= 0.6 is 0 Å². The predicted molar refractivity (Wildman–Crippen MR) is 103 cm³/mol. The molecule has 0 aromatic heterocycles. The number of aliphatic hydroxyl groups is 2. The van der Waals surface area contributed by atoms with Crippen molar-refractivity contribution in [2.24, 2.45) is 11.8 Å². The van der Waals surface area contributed by atoms with Crippen molar-refractivity contribution >= 4 is 11.6 Å². The highest BCUT2D eigenvalue weighted by molar-refractivity contribution is 5.83. The van der Waals surface area contributed by atoms with E-state index in [1.165, 1.54) is 0 Å². The van der Waals surface area contributed by atoms with E-state index in [1.807, 2.05) is 13.0 Å². The lowest BCUT2D eigenvalue weighted by Gasteiger charge is -2.20. The number of Topliss-reactive ketones (excluding diaryl/α,β-unsaturated/α-hetero) is 2. The smallest absolute Gasteiger partial charge is 0.158 e. The molecule has 1 aliphatic rings. The zero-order chi connectivity index (χ0) is 19.4. The van der Waals surface area contributed by atoms with Crippen molar-refractivity contribution < 1.29 is 19.8 Å². The van der Waals surface area contributed by atoms with Gasteiger partial charge in [-0.1, -0.05) is 50.7 Å². The fraction of sp³-hybridized carbons (Fsp3) is 0.727. The van der Waals surface area contributed by atoms with Crippen molar-refractivity contribution in [3.05, 3.63) is 12.2 Å². The van der Waals surface area contributed by atoms with Crippen LogP contribution in [0.5, 0.6) is 0 Å². The first-order chi connectivity index (χ1) is 12.5. The van der Waals surface area contributed by atoms with Gasteiger partial charge in [-0.25, -0.2) is 0 Å². The Morgan fingerprint density at radius 3 is 2.73 bits per heavy atom. The van der Waals surface area contributed by atoms with Gasteiger partial charge >= 0.3 is 0 Å². The van der Waals surface area contributed by atoms with Crippen molar-refractivity contribution in [3.8, 4) is 12.3 Å².